The largest absolute Gasteiger partial charge is 0.490 e. The van der Waals surface area contributed by atoms with Gasteiger partial charge in [0, 0.05) is 31.4 Å². The Bertz CT molecular complexity index is 712. The SMILES string of the molecule is CN1CCC2(COCc3cnc(N4CCOCC4)nc32)C1.O=C(O)C(F)(F)F. The summed E-state index contributed by atoms with van der Waals surface area (Å²) in [5.74, 6) is -1.90. The number of halogens is 3. The maximum atomic E-state index is 10.6. The molecule has 0 aliphatic carbocycles. The fourth-order valence-electron chi connectivity index (χ4n) is 3.69. The van der Waals surface area contributed by atoms with E-state index in [1.807, 2.05) is 6.20 Å². The number of anilines is 1. The van der Waals surface area contributed by atoms with Crippen molar-refractivity contribution in [2.75, 3.05) is 57.9 Å². The van der Waals surface area contributed by atoms with Gasteiger partial charge in [0.2, 0.25) is 5.95 Å². The molecule has 156 valence electrons. The van der Waals surface area contributed by atoms with Crippen molar-refractivity contribution in [3.63, 3.8) is 0 Å². The summed E-state index contributed by atoms with van der Waals surface area (Å²) in [6.45, 7) is 6.84. The van der Waals surface area contributed by atoms with Gasteiger partial charge in [-0.2, -0.15) is 13.2 Å². The van der Waals surface area contributed by atoms with Crippen LogP contribution < -0.4 is 4.90 Å². The van der Waals surface area contributed by atoms with Crippen LogP contribution in [0, 0.1) is 0 Å². The summed E-state index contributed by atoms with van der Waals surface area (Å²) in [6.07, 6.45) is -2.00. The van der Waals surface area contributed by atoms with Crippen molar-refractivity contribution in [2.45, 2.75) is 24.6 Å². The van der Waals surface area contributed by atoms with Gasteiger partial charge >= 0.3 is 12.1 Å². The summed E-state index contributed by atoms with van der Waals surface area (Å²) in [5.41, 5.74) is 2.44. The Morgan fingerprint density at radius 3 is 2.50 bits per heavy atom. The molecular weight excluding hydrogens is 381 g/mol. The number of carboxylic acids is 1. The van der Waals surface area contributed by atoms with Gasteiger partial charge in [0.25, 0.3) is 0 Å². The van der Waals surface area contributed by atoms with Crippen molar-refractivity contribution in [3.05, 3.63) is 17.5 Å². The standard InChI is InChI=1S/C15H22N4O2.C2HF3O2/c1-18-3-2-15(10-18)11-21-9-12-8-16-14(17-13(12)15)19-4-6-20-7-5-19;3-2(4,5)1(6)7/h8H,2-7,9-11H2,1H3;(H,6,7). The second-order valence-electron chi connectivity index (χ2n) is 7.21. The molecule has 1 N–H and O–H groups in total. The number of likely N-dealkylation sites (N-methyl/N-ethyl adjacent to an activating group) is 1. The zero-order chi connectivity index (χ0) is 20.4. The number of nitrogens with zero attached hydrogens (tertiary/aromatic N) is 4. The molecule has 3 aliphatic heterocycles. The summed E-state index contributed by atoms with van der Waals surface area (Å²) in [4.78, 5) is 23.0. The third kappa shape index (κ3) is 4.53. The van der Waals surface area contributed by atoms with Gasteiger partial charge in [0.15, 0.2) is 0 Å². The fourth-order valence-corrected chi connectivity index (χ4v) is 3.69. The Labute approximate surface area is 160 Å². The van der Waals surface area contributed by atoms with Gasteiger partial charge in [0.1, 0.15) is 0 Å². The van der Waals surface area contributed by atoms with E-state index >= 15 is 0 Å². The van der Waals surface area contributed by atoms with Crippen LogP contribution >= 0.6 is 0 Å². The number of carboxylic acid groups (broad SMARTS) is 1. The van der Waals surface area contributed by atoms with Crippen LogP contribution in [-0.4, -0.2) is 85.2 Å². The van der Waals surface area contributed by atoms with Crippen molar-refractivity contribution in [1.82, 2.24) is 14.9 Å². The van der Waals surface area contributed by atoms with E-state index < -0.39 is 12.1 Å². The zero-order valence-electron chi connectivity index (χ0n) is 15.5. The lowest BCUT2D eigenvalue weighted by Gasteiger charge is -2.35. The first-order valence-corrected chi connectivity index (χ1v) is 8.97. The fraction of sp³-hybridized carbons (Fsp3) is 0.706. The van der Waals surface area contributed by atoms with Crippen LogP contribution in [0.5, 0.6) is 0 Å². The molecule has 1 atom stereocenters. The van der Waals surface area contributed by atoms with Crippen LogP contribution in [0.4, 0.5) is 19.1 Å². The predicted molar refractivity (Wildman–Crippen MR) is 92.2 cm³/mol. The molecule has 1 aromatic heterocycles. The lowest BCUT2D eigenvalue weighted by Crippen LogP contribution is -2.42. The number of hydrogen-bond donors (Lipinski definition) is 1. The van der Waals surface area contributed by atoms with Crippen molar-refractivity contribution in [2.24, 2.45) is 0 Å². The number of morpholine rings is 1. The molecule has 11 heteroatoms. The quantitative estimate of drug-likeness (QED) is 0.743. The number of ether oxygens (including phenoxy) is 2. The molecular formula is C17H23F3N4O4. The molecule has 28 heavy (non-hydrogen) atoms. The van der Waals surface area contributed by atoms with Crippen molar-refractivity contribution >= 4 is 11.9 Å². The lowest BCUT2D eigenvalue weighted by atomic mass is 9.81. The summed E-state index contributed by atoms with van der Waals surface area (Å²) >= 11 is 0. The van der Waals surface area contributed by atoms with Gasteiger partial charge in [-0.1, -0.05) is 0 Å². The van der Waals surface area contributed by atoms with E-state index in [1.165, 1.54) is 5.69 Å². The molecule has 2 fully saturated rings. The smallest absolute Gasteiger partial charge is 0.475 e. The van der Waals surface area contributed by atoms with Crippen LogP contribution in [0.2, 0.25) is 0 Å². The van der Waals surface area contributed by atoms with E-state index in [0.29, 0.717) is 6.61 Å². The Morgan fingerprint density at radius 1 is 1.25 bits per heavy atom. The molecule has 0 radical (unpaired) electrons. The molecule has 3 aliphatic rings. The van der Waals surface area contributed by atoms with Gasteiger partial charge < -0.3 is 24.4 Å². The molecule has 0 saturated carbocycles. The summed E-state index contributed by atoms with van der Waals surface area (Å²) in [5, 5.41) is 7.12. The minimum Gasteiger partial charge on any atom is -0.475 e. The molecule has 0 aromatic carbocycles. The number of rotatable bonds is 1. The molecule has 8 nitrogen and oxygen atoms in total. The van der Waals surface area contributed by atoms with E-state index in [1.54, 1.807) is 0 Å². The van der Waals surface area contributed by atoms with Crippen LogP contribution in [0.3, 0.4) is 0 Å². The molecule has 0 amide bonds. The number of alkyl halides is 3. The van der Waals surface area contributed by atoms with Crippen molar-refractivity contribution in [3.8, 4) is 0 Å². The maximum absolute atomic E-state index is 10.6. The monoisotopic (exact) mass is 404 g/mol. The average molecular weight is 404 g/mol. The first kappa shape index (κ1) is 20.7. The molecule has 2 saturated heterocycles. The average Bonchev–Trinajstić information content (AvgIpc) is 3.03. The topological polar surface area (TPSA) is 88.0 Å². The molecule has 1 aromatic rings. The minimum atomic E-state index is -5.08. The van der Waals surface area contributed by atoms with E-state index in [9.17, 15) is 13.2 Å². The minimum absolute atomic E-state index is 0.0618. The van der Waals surface area contributed by atoms with Crippen LogP contribution in [0.15, 0.2) is 6.20 Å². The highest BCUT2D eigenvalue weighted by molar-refractivity contribution is 5.73. The van der Waals surface area contributed by atoms with Gasteiger partial charge in [-0.15, -0.1) is 0 Å². The Hall–Kier alpha value is -1.98. The van der Waals surface area contributed by atoms with Gasteiger partial charge in [-0.25, -0.2) is 14.8 Å². The highest BCUT2D eigenvalue weighted by Gasteiger charge is 2.44. The van der Waals surface area contributed by atoms with Crippen molar-refractivity contribution < 1.29 is 32.5 Å². The Balaban J connectivity index is 0.000000279. The van der Waals surface area contributed by atoms with Crippen LogP contribution in [0.1, 0.15) is 17.7 Å². The maximum Gasteiger partial charge on any atom is 0.490 e. The van der Waals surface area contributed by atoms with Gasteiger partial charge in [0.05, 0.1) is 37.5 Å². The highest BCUT2D eigenvalue weighted by atomic mass is 19.4. The molecule has 4 rings (SSSR count). The summed E-state index contributed by atoms with van der Waals surface area (Å²) in [6, 6.07) is 0. The number of carbonyl (C=O) groups is 1. The van der Waals surface area contributed by atoms with E-state index in [4.69, 9.17) is 24.4 Å². The van der Waals surface area contributed by atoms with Crippen LogP contribution in [-0.2, 0) is 26.3 Å². The summed E-state index contributed by atoms with van der Waals surface area (Å²) < 4.78 is 43.0. The van der Waals surface area contributed by atoms with E-state index in [2.05, 4.69) is 21.8 Å². The first-order valence-electron chi connectivity index (χ1n) is 8.97. The first-order chi connectivity index (χ1) is 13.2. The normalized spacial score (nSPS) is 25.2. The van der Waals surface area contributed by atoms with Gasteiger partial charge in [-0.05, 0) is 20.0 Å². The third-order valence-electron chi connectivity index (χ3n) is 5.07. The van der Waals surface area contributed by atoms with E-state index in [0.717, 1.165) is 63.9 Å². The third-order valence-corrected chi connectivity index (χ3v) is 5.07. The number of aromatic nitrogens is 2. The predicted octanol–water partition coefficient (Wildman–Crippen LogP) is 1.05. The van der Waals surface area contributed by atoms with Gasteiger partial charge in [-0.3, -0.25) is 0 Å². The second-order valence-corrected chi connectivity index (χ2v) is 7.21. The number of aliphatic carboxylic acids is 1. The molecule has 4 heterocycles. The Morgan fingerprint density at radius 2 is 1.93 bits per heavy atom. The summed E-state index contributed by atoms with van der Waals surface area (Å²) in [7, 11) is 2.17. The lowest BCUT2D eigenvalue weighted by molar-refractivity contribution is -0.192. The highest BCUT2D eigenvalue weighted by Crippen LogP contribution is 2.38. The molecule has 1 unspecified atom stereocenters. The number of likely N-dealkylation sites (tertiary alicyclic amines) is 1. The van der Waals surface area contributed by atoms with E-state index in [-0.39, 0.29) is 5.41 Å². The second kappa shape index (κ2) is 8.18. The zero-order valence-corrected chi connectivity index (χ0v) is 15.5. The Kier molecular flexibility index (Phi) is 6.06. The van der Waals surface area contributed by atoms with Crippen LogP contribution in [0.25, 0.3) is 0 Å². The van der Waals surface area contributed by atoms with Crippen molar-refractivity contribution in [1.29, 1.82) is 0 Å². The molecule has 1 spiro atoms. The number of fused-ring (bicyclic) bond motifs is 2. The molecule has 0 bridgehead atoms. The number of hydrogen-bond acceptors (Lipinski definition) is 7.